The van der Waals surface area contributed by atoms with Gasteiger partial charge in [0.2, 0.25) is 0 Å². The molecule has 3 nitrogen and oxygen atoms in total. The number of rotatable bonds is 8. The minimum Gasteiger partial charge on any atom is -0.377 e. The number of hydrogen-bond acceptors (Lipinski definition) is 3. The molecule has 1 atom stereocenters. The molecular formula is C9H21ClO3Si. The number of hydrogen-bond donors (Lipinski definition) is 0. The summed E-state index contributed by atoms with van der Waals surface area (Å²) >= 11 is 5.68. The van der Waals surface area contributed by atoms with E-state index >= 15 is 0 Å². The van der Waals surface area contributed by atoms with Gasteiger partial charge >= 0.3 is 8.80 Å². The topological polar surface area (TPSA) is 27.7 Å². The third-order valence-corrected chi connectivity index (χ3v) is 6.20. The van der Waals surface area contributed by atoms with Crippen LogP contribution in [0.4, 0.5) is 0 Å². The van der Waals surface area contributed by atoms with Crippen molar-refractivity contribution in [2.24, 2.45) is 0 Å². The molecule has 0 radical (unpaired) electrons. The van der Waals surface area contributed by atoms with E-state index in [-0.39, 0.29) is 0 Å². The van der Waals surface area contributed by atoms with E-state index in [4.69, 9.17) is 24.9 Å². The van der Waals surface area contributed by atoms with Crippen LogP contribution in [0.2, 0.25) is 5.54 Å². The van der Waals surface area contributed by atoms with Crippen LogP contribution in [0.5, 0.6) is 0 Å². The van der Waals surface area contributed by atoms with E-state index in [9.17, 15) is 0 Å². The van der Waals surface area contributed by atoms with Crippen LogP contribution < -0.4 is 0 Å². The lowest BCUT2D eigenvalue weighted by atomic mass is 10.2. The Kier molecular flexibility index (Phi) is 7.86. The van der Waals surface area contributed by atoms with Crippen LogP contribution in [-0.2, 0) is 13.3 Å². The molecule has 5 heteroatoms. The van der Waals surface area contributed by atoms with E-state index in [0.717, 1.165) is 19.3 Å². The highest BCUT2D eigenvalue weighted by Crippen LogP contribution is 2.31. The summed E-state index contributed by atoms with van der Waals surface area (Å²) < 4.78 is 16.3. The molecule has 0 amide bonds. The van der Waals surface area contributed by atoms with Gasteiger partial charge in [-0.3, -0.25) is 0 Å². The molecule has 0 rings (SSSR count). The Bertz CT molecular complexity index is 134. The summed E-state index contributed by atoms with van der Waals surface area (Å²) in [5, 5.41) is 0. The summed E-state index contributed by atoms with van der Waals surface area (Å²) in [5.74, 6) is 0.679. The smallest absolute Gasteiger partial charge is 0.377 e. The van der Waals surface area contributed by atoms with Gasteiger partial charge in [-0.2, -0.15) is 0 Å². The lowest BCUT2D eigenvalue weighted by Crippen LogP contribution is -2.47. The van der Waals surface area contributed by atoms with Crippen LogP contribution in [0.3, 0.4) is 0 Å². The van der Waals surface area contributed by atoms with Crippen LogP contribution in [0.15, 0.2) is 0 Å². The van der Waals surface area contributed by atoms with E-state index in [1.807, 2.05) is 0 Å². The van der Waals surface area contributed by atoms with Gasteiger partial charge in [-0.25, -0.2) is 0 Å². The van der Waals surface area contributed by atoms with Gasteiger partial charge in [0, 0.05) is 32.8 Å². The maximum atomic E-state index is 5.68. The summed E-state index contributed by atoms with van der Waals surface area (Å²) in [6.07, 6.45) is 2.98. The Labute approximate surface area is 93.1 Å². The lowest BCUT2D eigenvalue weighted by Gasteiger charge is -2.31. The van der Waals surface area contributed by atoms with Gasteiger partial charge in [0.1, 0.15) is 0 Å². The molecule has 0 bridgehead atoms. The average molecular weight is 241 g/mol. The number of halogens is 1. The third-order valence-electron chi connectivity index (χ3n) is 2.53. The fourth-order valence-corrected chi connectivity index (χ4v) is 4.42. The van der Waals surface area contributed by atoms with Gasteiger partial charge in [0.05, 0.1) is 0 Å². The van der Waals surface area contributed by atoms with E-state index in [0.29, 0.717) is 11.4 Å². The largest absolute Gasteiger partial charge is 0.503 e. The third kappa shape index (κ3) is 3.51. The first-order valence-corrected chi connectivity index (χ1v) is 7.25. The van der Waals surface area contributed by atoms with Crippen molar-refractivity contribution in [2.45, 2.75) is 31.7 Å². The molecule has 14 heavy (non-hydrogen) atoms. The summed E-state index contributed by atoms with van der Waals surface area (Å²) in [6.45, 7) is 2.12. The SMILES string of the molecule is CCC(CCCCl)[Si](OC)(OC)OC. The summed E-state index contributed by atoms with van der Waals surface area (Å²) in [5.41, 5.74) is 0.348. The molecule has 0 saturated heterocycles. The first-order chi connectivity index (χ1) is 6.70. The molecule has 0 aromatic carbocycles. The predicted molar refractivity (Wildman–Crippen MR) is 60.8 cm³/mol. The van der Waals surface area contributed by atoms with Crippen molar-refractivity contribution in [1.82, 2.24) is 0 Å². The normalized spacial score (nSPS) is 14.4. The van der Waals surface area contributed by atoms with Crippen LogP contribution in [-0.4, -0.2) is 36.0 Å². The maximum Gasteiger partial charge on any atom is 0.503 e. The van der Waals surface area contributed by atoms with E-state index in [2.05, 4.69) is 6.92 Å². The quantitative estimate of drug-likeness (QED) is 0.482. The van der Waals surface area contributed by atoms with Crippen molar-refractivity contribution < 1.29 is 13.3 Å². The maximum absolute atomic E-state index is 5.68. The second-order valence-electron chi connectivity index (χ2n) is 3.15. The van der Waals surface area contributed by atoms with Crippen LogP contribution in [0, 0.1) is 0 Å². The fraction of sp³-hybridized carbons (Fsp3) is 1.00. The van der Waals surface area contributed by atoms with Crippen molar-refractivity contribution in [3.63, 3.8) is 0 Å². The van der Waals surface area contributed by atoms with Crippen molar-refractivity contribution in [2.75, 3.05) is 27.2 Å². The Morgan fingerprint density at radius 1 is 1.14 bits per heavy atom. The van der Waals surface area contributed by atoms with E-state index in [1.54, 1.807) is 21.3 Å². The second kappa shape index (κ2) is 7.65. The van der Waals surface area contributed by atoms with Gasteiger partial charge < -0.3 is 13.3 Å². The number of alkyl halides is 1. The van der Waals surface area contributed by atoms with E-state index < -0.39 is 8.80 Å². The Morgan fingerprint density at radius 2 is 1.64 bits per heavy atom. The average Bonchev–Trinajstić information content (AvgIpc) is 2.25. The highest BCUT2D eigenvalue weighted by Gasteiger charge is 2.45. The molecule has 0 spiro atoms. The van der Waals surface area contributed by atoms with Gasteiger partial charge in [-0.15, -0.1) is 11.6 Å². The predicted octanol–water partition coefficient (Wildman–Crippen LogP) is 2.66. The minimum atomic E-state index is -2.44. The Hall–Kier alpha value is 0.387. The minimum absolute atomic E-state index is 0.348. The molecule has 0 aromatic rings. The standard InChI is InChI=1S/C9H21ClO3Si/c1-5-9(7-6-8-10)14(11-2,12-3)13-4/h9H,5-8H2,1-4H3. The van der Waals surface area contributed by atoms with Crippen LogP contribution >= 0.6 is 11.6 Å². The van der Waals surface area contributed by atoms with Gasteiger partial charge in [0.15, 0.2) is 0 Å². The van der Waals surface area contributed by atoms with Crippen molar-refractivity contribution in [1.29, 1.82) is 0 Å². The molecule has 0 fully saturated rings. The highest BCUT2D eigenvalue weighted by molar-refractivity contribution is 6.62. The van der Waals surface area contributed by atoms with Crippen molar-refractivity contribution in [3.8, 4) is 0 Å². The zero-order valence-corrected chi connectivity index (χ0v) is 11.3. The molecule has 0 aliphatic carbocycles. The summed E-state index contributed by atoms with van der Waals surface area (Å²) in [4.78, 5) is 0. The first kappa shape index (κ1) is 14.4. The van der Waals surface area contributed by atoms with Crippen molar-refractivity contribution >= 4 is 20.4 Å². The fourth-order valence-electron chi connectivity index (χ4n) is 1.70. The zero-order valence-electron chi connectivity index (χ0n) is 9.51. The summed E-state index contributed by atoms with van der Waals surface area (Å²) in [6, 6.07) is 0. The zero-order chi connectivity index (χ0) is 11.0. The molecule has 86 valence electrons. The highest BCUT2D eigenvalue weighted by atomic mass is 35.5. The molecule has 0 aliphatic heterocycles. The molecule has 1 unspecified atom stereocenters. The molecule has 0 aliphatic rings. The lowest BCUT2D eigenvalue weighted by molar-refractivity contribution is 0.108. The van der Waals surface area contributed by atoms with Crippen LogP contribution in [0.25, 0.3) is 0 Å². The monoisotopic (exact) mass is 240 g/mol. The Morgan fingerprint density at radius 3 is 1.93 bits per heavy atom. The molecule has 0 heterocycles. The van der Waals surface area contributed by atoms with Gasteiger partial charge in [0.25, 0.3) is 0 Å². The van der Waals surface area contributed by atoms with Gasteiger partial charge in [-0.1, -0.05) is 6.92 Å². The van der Waals surface area contributed by atoms with Gasteiger partial charge in [-0.05, 0) is 19.3 Å². The molecule has 0 N–H and O–H groups in total. The summed E-state index contributed by atoms with van der Waals surface area (Å²) in [7, 11) is 2.52. The molecule has 0 aromatic heterocycles. The van der Waals surface area contributed by atoms with Crippen molar-refractivity contribution in [3.05, 3.63) is 0 Å². The van der Waals surface area contributed by atoms with Crippen LogP contribution in [0.1, 0.15) is 26.2 Å². The first-order valence-electron chi connectivity index (χ1n) is 4.92. The molecular weight excluding hydrogens is 220 g/mol. The van der Waals surface area contributed by atoms with E-state index in [1.165, 1.54) is 0 Å². The molecule has 0 saturated carbocycles. The second-order valence-corrected chi connectivity index (χ2v) is 6.78. The Balaban J connectivity index is 4.40.